The summed E-state index contributed by atoms with van der Waals surface area (Å²) in [6.07, 6.45) is 2.81. The Kier molecular flexibility index (Phi) is 3.62. The Hall–Kier alpha value is -0.760. The van der Waals surface area contributed by atoms with E-state index >= 15 is 0 Å². The van der Waals surface area contributed by atoms with Gasteiger partial charge in [-0.05, 0) is 56.1 Å². The number of carbonyl (C=O) groups is 1. The van der Waals surface area contributed by atoms with Gasteiger partial charge in [-0.2, -0.15) is 0 Å². The highest BCUT2D eigenvalue weighted by Gasteiger charge is 2.36. The van der Waals surface area contributed by atoms with E-state index in [1.165, 1.54) is 17.5 Å². The van der Waals surface area contributed by atoms with Gasteiger partial charge in [0, 0.05) is 6.42 Å². The number of thioether (sulfide) groups is 1. The lowest BCUT2D eigenvalue weighted by Gasteiger charge is -2.21. The van der Waals surface area contributed by atoms with Crippen molar-refractivity contribution in [1.82, 2.24) is 0 Å². The molecule has 0 amide bonds. The molecule has 0 N–H and O–H groups in total. The monoisotopic (exact) mass is 248 g/mol. The molecule has 1 unspecified atom stereocenters. The van der Waals surface area contributed by atoms with Crippen LogP contribution in [-0.2, 0) is 11.2 Å². The molecule has 2 heteroatoms. The van der Waals surface area contributed by atoms with Crippen LogP contribution in [0.3, 0.4) is 0 Å². The van der Waals surface area contributed by atoms with Crippen LogP contribution in [0.2, 0.25) is 0 Å². The summed E-state index contributed by atoms with van der Waals surface area (Å²) >= 11 is 1.83. The van der Waals surface area contributed by atoms with E-state index in [2.05, 4.69) is 39.0 Å². The van der Waals surface area contributed by atoms with Crippen LogP contribution in [0.1, 0.15) is 36.5 Å². The number of hydrogen-bond donors (Lipinski definition) is 0. The minimum atomic E-state index is -0.126. The molecule has 1 heterocycles. The van der Waals surface area contributed by atoms with Crippen LogP contribution in [0.4, 0.5) is 0 Å². The van der Waals surface area contributed by atoms with Gasteiger partial charge in [0.1, 0.15) is 0 Å². The Morgan fingerprint density at radius 1 is 1.35 bits per heavy atom. The maximum Gasteiger partial charge on any atom is 0.152 e. The molecule has 0 aromatic heterocycles. The van der Waals surface area contributed by atoms with Gasteiger partial charge in [0.15, 0.2) is 5.78 Å². The van der Waals surface area contributed by atoms with Crippen LogP contribution in [0.15, 0.2) is 18.2 Å². The Labute approximate surface area is 108 Å². The first-order chi connectivity index (χ1) is 8.01. The minimum Gasteiger partial charge on any atom is -0.298 e. The van der Waals surface area contributed by atoms with Crippen molar-refractivity contribution in [3.63, 3.8) is 0 Å². The van der Waals surface area contributed by atoms with Crippen LogP contribution in [0, 0.1) is 13.8 Å². The maximum atomic E-state index is 12.3. The topological polar surface area (TPSA) is 17.1 Å². The van der Waals surface area contributed by atoms with Gasteiger partial charge >= 0.3 is 0 Å². The normalized spacial score (nSPS) is 23.9. The van der Waals surface area contributed by atoms with Crippen molar-refractivity contribution in [1.29, 1.82) is 0 Å². The molecule has 1 aliphatic heterocycles. The van der Waals surface area contributed by atoms with Crippen molar-refractivity contribution in [2.45, 2.75) is 44.8 Å². The third-order valence-corrected chi connectivity index (χ3v) is 5.31. The first-order valence-electron chi connectivity index (χ1n) is 6.25. The summed E-state index contributed by atoms with van der Waals surface area (Å²) in [5.41, 5.74) is 3.73. The molecule has 92 valence electrons. The van der Waals surface area contributed by atoms with Gasteiger partial charge in [-0.1, -0.05) is 18.2 Å². The SMILES string of the molecule is Cc1ccc(CC(=O)C2(C)CCCS2)cc1C. The fraction of sp³-hybridized carbons (Fsp3) is 0.533. The Bertz CT molecular complexity index is 431. The zero-order chi connectivity index (χ0) is 12.5. The van der Waals surface area contributed by atoms with Crippen LogP contribution in [-0.4, -0.2) is 16.3 Å². The fourth-order valence-electron chi connectivity index (χ4n) is 2.28. The zero-order valence-electron chi connectivity index (χ0n) is 10.9. The van der Waals surface area contributed by atoms with E-state index in [4.69, 9.17) is 0 Å². The second-order valence-electron chi connectivity index (χ2n) is 5.20. The number of rotatable bonds is 3. The van der Waals surface area contributed by atoms with Crippen LogP contribution >= 0.6 is 11.8 Å². The molecular formula is C15H20OS. The molecule has 1 nitrogen and oxygen atoms in total. The van der Waals surface area contributed by atoms with Crippen molar-refractivity contribution < 1.29 is 4.79 Å². The molecule has 1 aromatic rings. The lowest BCUT2D eigenvalue weighted by molar-refractivity contribution is -0.120. The van der Waals surface area contributed by atoms with Gasteiger partial charge in [-0.25, -0.2) is 0 Å². The third kappa shape index (κ3) is 2.74. The molecule has 1 saturated heterocycles. The first kappa shape index (κ1) is 12.7. The molecule has 17 heavy (non-hydrogen) atoms. The first-order valence-corrected chi connectivity index (χ1v) is 7.23. The molecule has 1 fully saturated rings. The van der Waals surface area contributed by atoms with Gasteiger partial charge in [-0.15, -0.1) is 11.8 Å². The second kappa shape index (κ2) is 4.85. The quantitative estimate of drug-likeness (QED) is 0.811. The maximum absolute atomic E-state index is 12.3. The van der Waals surface area contributed by atoms with Crippen LogP contribution in [0.25, 0.3) is 0 Å². The van der Waals surface area contributed by atoms with Gasteiger partial charge < -0.3 is 0 Å². The summed E-state index contributed by atoms with van der Waals surface area (Å²) in [5.74, 6) is 1.53. The third-order valence-electron chi connectivity index (χ3n) is 3.74. The number of benzene rings is 1. The molecule has 1 atom stereocenters. The number of aryl methyl sites for hydroxylation is 2. The predicted octanol–water partition coefficient (Wildman–Crippen LogP) is 3.70. The van der Waals surface area contributed by atoms with Gasteiger partial charge in [-0.3, -0.25) is 4.79 Å². The summed E-state index contributed by atoms with van der Waals surface area (Å²) in [4.78, 5) is 12.3. The van der Waals surface area contributed by atoms with Crippen molar-refractivity contribution >= 4 is 17.5 Å². The highest BCUT2D eigenvalue weighted by Crippen LogP contribution is 2.39. The largest absolute Gasteiger partial charge is 0.298 e. The summed E-state index contributed by atoms with van der Waals surface area (Å²) in [5, 5.41) is 0. The number of carbonyl (C=O) groups excluding carboxylic acids is 1. The summed E-state index contributed by atoms with van der Waals surface area (Å²) in [6.45, 7) is 6.32. The zero-order valence-corrected chi connectivity index (χ0v) is 11.7. The molecule has 1 aromatic carbocycles. The van der Waals surface area contributed by atoms with E-state index in [1.54, 1.807) is 0 Å². The molecule has 0 aliphatic carbocycles. The highest BCUT2D eigenvalue weighted by atomic mass is 32.2. The fourth-order valence-corrected chi connectivity index (χ4v) is 3.55. The smallest absolute Gasteiger partial charge is 0.152 e. The van der Waals surface area contributed by atoms with Gasteiger partial charge in [0.2, 0.25) is 0 Å². The van der Waals surface area contributed by atoms with E-state index in [1.807, 2.05) is 11.8 Å². The van der Waals surface area contributed by atoms with E-state index in [9.17, 15) is 4.79 Å². The van der Waals surface area contributed by atoms with Crippen molar-refractivity contribution in [2.24, 2.45) is 0 Å². The van der Waals surface area contributed by atoms with Crippen LogP contribution in [0.5, 0.6) is 0 Å². The van der Waals surface area contributed by atoms with E-state index in [0.717, 1.165) is 17.7 Å². The average molecular weight is 248 g/mol. The number of ketones is 1. The van der Waals surface area contributed by atoms with Crippen molar-refractivity contribution in [3.8, 4) is 0 Å². The Morgan fingerprint density at radius 2 is 2.12 bits per heavy atom. The molecular weight excluding hydrogens is 228 g/mol. The second-order valence-corrected chi connectivity index (χ2v) is 6.80. The molecule has 2 rings (SSSR count). The lowest BCUT2D eigenvalue weighted by atomic mass is 9.94. The van der Waals surface area contributed by atoms with Gasteiger partial charge in [0.05, 0.1) is 4.75 Å². The standard InChI is InChI=1S/C15H20OS/c1-11-5-6-13(9-12(11)2)10-14(16)15(3)7-4-8-17-15/h5-6,9H,4,7-8,10H2,1-3H3. The van der Waals surface area contributed by atoms with E-state index < -0.39 is 0 Å². The summed E-state index contributed by atoms with van der Waals surface area (Å²) in [6, 6.07) is 6.35. The van der Waals surface area contributed by atoms with Gasteiger partial charge in [0.25, 0.3) is 0 Å². The summed E-state index contributed by atoms with van der Waals surface area (Å²) < 4.78 is -0.126. The summed E-state index contributed by atoms with van der Waals surface area (Å²) in [7, 11) is 0. The number of hydrogen-bond acceptors (Lipinski definition) is 2. The van der Waals surface area contributed by atoms with E-state index in [-0.39, 0.29) is 4.75 Å². The lowest BCUT2D eigenvalue weighted by Crippen LogP contribution is -2.30. The average Bonchev–Trinajstić information content (AvgIpc) is 2.72. The highest BCUT2D eigenvalue weighted by molar-refractivity contribution is 8.01. The molecule has 1 aliphatic rings. The Morgan fingerprint density at radius 3 is 2.71 bits per heavy atom. The molecule has 0 radical (unpaired) electrons. The van der Waals surface area contributed by atoms with Crippen LogP contribution < -0.4 is 0 Å². The van der Waals surface area contributed by atoms with Crippen molar-refractivity contribution in [2.75, 3.05) is 5.75 Å². The molecule has 0 saturated carbocycles. The Balaban J connectivity index is 2.10. The molecule has 0 spiro atoms. The van der Waals surface area contributed by atoms with Crippen molar-refractivity contribution in [3.05, 3.63) is 34.9 Å². The number of Topliss-reactive ketones (excluding diaryl/α,β-unsaturated/α-hetero) is 1. The molecule has 0 bridgehead atoms. The van der Waals surface area contributed by atoms with E-state index in [0.29, 0.717) is 12.2 Å². The minimum absolute atomic E-state index is 0.126. The predicted molar refractivity (Wildman–Crippen MR) is 74.7 cm³/mol.